The van der Waals surface area contributed by atoms with Crippen LogP contribution >= 0.6 is 0 Å². The number of nitrogens with one attached hydrogen (secondary N) is 3. The molecule has 0 aromatic rings. The third-order valence-corrected chi connectivity index (χ3v) is 2.22. The van der Waals surface area contributed by atoms with Crippen LogP contribution in [-0.4, -0.2) is 36.3 Å². The third kappa shape index (κ3) is 2.78. The molecule has 1 saturated heterocycles. The van der Waals surface area contributed by atoms with E-state index in [-0.39, 0.29) is 24.8 Å². The third-order valence-electron chi connectivity index (χ3n) is 2.22. The Morgan fingerprint density at radius 1 is 1.31 bits per heavy atom. The predicted octanol–water partition coefficient (Wildman–Crippen LogP) is -1.74. The summed E-state index contributed by atoms with van der Waals surface area (Å²) >= 11 is 0. The van der Waals surface area contributed by atoms with Crippen LogP contribution in [0.25, 0.3) is 0 Å². The fraction of sp³-hybridized carbons (Fsp3) is 0.556. The minimum atomic E-state index is -0.721. The van der Waals surface area contributed by atoms with Gasteiger partial charge in [-0.1, -0.05) is 0 Å². The summed E-state index contributed by atoms with van der Waals surface area (Å²) in [5.74, 6) is -1.38. The van der Waals surface area contributed by atoms with Gasteiger partial charge in [-0.25, -0.2) is 0 Å². The summed E-state index contributed by atoms with van der Waals surface area (Å²) in [4.78, 5) is 36.6. The van der Waals surface area contributed by atoms with E-state index >= 15 is 0 Å². The summed E-state index contributed by atoms with van der Waals surface area (Å²) in [7, 11) is 0. The number of rotatable bonds is 4. The Morgan fingerprint density at radius 2 is 1.94 bits per heavy atom. The van der Waals surface area contributed by atoms with E-state index in [4.69, 9.17) is 0 Å². The number of guanidine groups is 1. The van der Waals surface area contributed by atoms with Gasteiger partial charge in [0.25, 0.3) is 0 Å². The first-order valence-electron chi connectivity index (χ1n) is 5.11. The minimum absolute atomic E-state index is 0.0532. The van der Waals surface area contributed by atoms with E-state index in [1.807, 2.05) is 0 Å². The lowest BCUT2D eigenvalue weighted by Gasteiger charge is -2.00. The van der Waals surface area contributed by atoms with Gasteiger partial charge >= 0.3 is 11.8 Å². The van der Waals surface area contributed by atoms with Gasteiger partial charge in [-0.05, 0) is 12.8 Å². The van der Waals surface area contributed by atoms with Crippen molar-refractivity contribution >= 4 is 23.7 Å². The second kappa shape index (κ2) is 4.30. The molecule has 2 fully saturated rings. The van der Waals surface area contributed by atoms with Gasteiger partial charge in [0.2, 0.25) is 11.9 Å². The molecule has 0 aromatic carbocycles. The molecule has 1 aliphatic heterocycles. The smallest absolute Gasteiger partial charge is 0.316 e. The molecule has 1 saturated carbocycles. The van der Waals surface area contributed by atoms with E-state index in [0.717, 1.165) is 12.8 Å². The molecule has 0 radical (unpaired) electrons. The van der Waals surface area contributed by atoms with Gasteiger partial charge in [0.1, 0.15) is 0 Å². The number of aliphatic imine (C=N–C) groups is 1. The molecule has 0 atom stereocenters. The largest absolute Gasteiger partial charge is 0.353 e. The van der Waals surface area contributed by atoms with Crippen LogP contribution in [0.1, 0.15) is 19.3 Å². The highest BCUT2D eigenvalue weighted by Gasteiger charge is 2.25. The molecule has 2 aliphatic rings. The van der Waals surface area contributed by atoms with Gasteiger partial charge in [-0.3, -0.25) is 30.0 Å². The van der Waals surface area contributed by atoms with E-state index in [2.05, 4.69) is 20.9 Å². The number of hydrogen-bond acceptors (Lipinski definition) is 4. The number of carbonyl (C=O) groups is 3. The Kier molecular flexibility index (Phi) is 2.84. The molecule has 7 heteroatoms. The van der Waals surface area contributed by atoms with E-state index in [9.17, 15) is 14.4 Å². The van der Waals surface area contributed by atoms with Crippen LogP contribution in [0.3, 0.4) is 0 Å². The molecule has 0 bridgehead atoms. The molecule has 7 nitrogen and oxygen atoms in total. The van der Waals surface area contributed by atoms with Gasteiger partial charge < -0.3 is 5.32 Å². The van der Waals surface area contributed by atoms with Crippen molar-refractivity contribution < 1.29 is 14.4 Å². The van der Waals surface area contributed by atoms with Gasteiger partial charge in [-0.15, -0.1) is 0 Å². The quantitative estimate of drug-likeness (QED) is 0.494. The van der Waals surface area contributed by atoms with Crippen LogP contribution in [0.15, 0.2) is 4.99 Å². The summed E-state index contributed by atoms with van der Waals surface area (Å²) in [5.41, 5.74) is 0. The van der Waals surface area contributed by atoms with E-state index in [1.54, 1.807) is 0 Å². The summed E-state index contributed by atoms with van der Waals surface area (Å²) in [5, 5.41) is 7.31. The first kappa shape index (κ1) is 10.6. The lowest BCUT2D eigenvalue weighted by atomic mass is 10.4. The molecular formula is C9H12N4O3. The van der Waals surface area contributed by atoms with Crippen LogP contribution in [0, 0.1) is 0 Å². The van der Waals surface area contributed by atoms with Crippen molar-refractivity contribution in [1.82, 2.24) is 16.0 Å². The maximum Gasteiger partial charge on any atom is 0.316 e. The molecular weight excluding hydrogens is 212 g/mol. The van der Waals surface area contributed by atoms with Crippen molar-refractivity contribution in [2.75, 3.05) is 6.54 Å². The van der Waals surface area contributed by atoms with Gasteiger partial charge in [-0.2, -0.15) is 0 Å². The second-order valence-electron chi connectivity index (χ2n) is 3.73. The monoisotopic (exact) mass is 224 g/mol. The molecule has 1 heterocycles. The summed E-state index contributed by atoms with van der Waals surface area (Å²) in [6.45, 7) is 0.244. The maximum absolute atomic E-state index is 11.2. The molecule has 2 rings (SSSR count). The number of carbonyl (C=O) groups excluding carboxylic acids is 3. The highest BCUT2D eigenvalue weighted by Crippen LogP contribution is 2.18. The molecule has 16 heavy (non-hydrogen) atoms. The zero-order chi connectivity index (χ0) is 11.5. The first-order valence-corrected chi connectivity index (χ1v) is 5.11. The van der Waals surface area contributed by atoms with Crippen LogP contribution in [0.5, 0.6) is 0 Å². The van der Waals surface area contributed by atoms with Crippen LogP contribution in [0.2, 0.25) is 0 Å². The fourth-order valence-electron chi connectivity index (χ4n) is 1.24. The molecule has 3 N–H and O–H groups in total. The standard InChI is InChI=1S/C9H12N4O3/c14-6(11-5-1-2-5)3-4-10-9-12-7(15)8(16)13-9/h5H,1-4H2,(H,11,14)(H2,10,12,13,15,16). The highest BCUT2D eigenvalue weighted by atomic mass is 16.2. The lowest BCUT2D eigenvalue weighted by molar-refractivity contribution is -0.135. The molecule has 0 unspecified atom stereocenters. The van der Waals surface area contributed by atoms with Crippen molar-refractivity contribution in [3.05, 3.63) is 0 Å². The summed E-state index contributed by atoms with van der Waals surface area (Å²) in [6.07, 6.45) is 2.35. The SMILES string of the molecule is O=C(CCN=C1NC(=O)C(=O)N1)NC1CC1. The molecule has 0 aromatic heterocycles. The van der Waals surface area contributed by atoms with Crippen LogP contribution in [0.4, 0.5) is 0 Å². The number of nitrogens with zero attached hydrogens (tertiary/aromatic N) is 1. The minimum Gasteiger partial charge on any atom is -0.353 e. The molecule has 1 aliphatic carbocycles. The fourth-order valence-corrected chi connectivity index (χ4v) is 1.24. The Bertz CT molecular complexity index is 355. The van der Waals surface area contributed by atoms with Gasteiger partial charge in [0, 0.05) is 12.5 Å². The predicted molar refractivity (Wildman–Crippen MR) is 54.4 cm³/mol. The molecule has 0 spiro atoms. The highest BCUT2D eigenvalue weighted by molar-refractivity contribution is 6.45. The van der Waals surface area contributed by atoms with Crippen LogP contribution in [-0.2, 0) is 14.4 Å². The van der Waals surface area contributed by atoms with Crippen molar-refractivity contribution in [2.45, 2.75) is 25.3 Å². The maximum atomic E-state index is 11.2. The normalized spacial score (nSPS) is 19.1. The van der Waals surface area contributed by atoms with E-state index in [1.165, 1.54) is 0 Å². The zero-order valence-electron chi connectivity index (χ0n) is 8.58. The van der Waals surface area contributed by atoms with Crippen molar-refractivity contribution in [3.63, 3.8) is 0 Å². The Balaban J connectivity index is 1.70. The van der Waals surface area contributed by atoms with E-state index in [0.29, 0.717) is 6.04 Å². The average molecular weight is 224 g/mol. The molecule has 86 valence electrons. The Morgan fingerprint density at radius 3 is 2.50 bits per heavy atom. The summed E-state index contributed by atoms with van der Waals surface area (Å²) < 4.78 is 0. The van der Waals surface area contributed by atoms with Crippen molar-refractivity contribution in [2.24, 2.45) is 4.99 Å². The van der Waals surface area contributed by atoms with Gasteiger partial charge in [0.05, 0.1) is 6.54 Å². The Labute approximate surface area is 91.7 Å². The van der Waals surface area contributed by atoms with E-state index < -0.39 is 11.8 Å². The number of amides is 3. The summed E-state index contributed by atoms with van der Waals surface area (Å²) in [6, 6.07) is 0.339. The number of hydrogen-bond donors (Lipinski definition) is 3. The van der Waals surface area contributed by atoms with Crippen molar-refractivity contribution in [1.29, 1.82) is 0 Å². The zero-order valence-corrected chi connectivity index (χ0v) is 8.58. The molecule has 3 amide bonds. The lowest BCUT2D eigenvalue weighted by Crippen LogP contribution is -2.28. The first-order chi connectivity index (χ1) is 7.65. The second-order valence-corrected chi connectivity index (χ2v) is 3.73. The average Bonchev–Trinajstić information content (AvgIpc) is 2.95. The Hall–Kier alpha value is -1.92. The van der Waals surface area contributed by atoms with Crippen LogP contribution < -0.4 is 16.0 Å². The van der Waals surface area contributed by atoms with Crippen molar-refractivity contribution in [3.8, 4) is 0 Å². The van der Waals surface area contributed by atoms with Gasteiger partial charge in [0.15, 0.2) is 0 Å². The topological polar surface area (TPSA) is 99.7 Å².